The van der Waals surface area contributed by atoms with Crippen molar-refractivity contribution in [1.82, 2.24) is 20.1 Å². The van der Waals surface area contributed by atoms with Gasteiger partial charge in [-0.3, -0.25) is 9.59 Å². The second-order valence-electron chi connectivity index (χ2n) is 10.4. The van der Waals surface area contributed by atoms with Gasteiger partial charge in [0.25, 0.3) is 0 Å². The van der Waals surface area contributed by atoms with Crippen LogP contribution in [0.4, 0.5) is 0 Å². The second kappa shape index (κ2) is 10.5. The smallest absolute Gasteiger partial charge is 0.242 e. The van der Waals surface area contributed by atoms with Crippen molar-refractivity contribution < 1.29 is 14.7 Å². The summed E-state index contributed by atoms with van der Waals surface area (Å²) in [6.07, 6.45) is -0.525. The summed E-state index contributed by atoms with van der Waals surface area (Å²) in [5.41, 5.74) is 10.8. The van der Waals surface area contributed by atoms with E-state index >= 15 is 0 Å². The standard InChI is InChI=1S/C25H37N5O3S/c1-15-21(34-14-28-15)17-9-7-16(8-10-17)20(29(5)6)12-27-23(32)19-11-18(31)13-30(19)24(33)22(26)25(2,3)4/h7-10,14,18-20,22,31H,11-13,26H2,1-6H3,(H,27,32)/t18-,19-,20+,22-/m1/s1. The molecule has 0 spiro atoms. The van der Waals surface area contributed by atoms with Crippen LogP contribution in [0.3, 0.4) is 0 Å². The summed E-state index contributed by atoms with van der Waals surface area (Å²) in [5.74, 6) is -0.572. The minimum Gasteiger partial charge on any atom is -0.391 e. The highest BCUT2D eigenvalue weighted by atomic mass is 32.1. The number of β-amino-alcohol motifs (C(OH)–C–C–N with tert-alkyl or cyclic N) is 1. The third kappa shape index (κ3) is 5.83. The van der Waals surface area contributed by atoms with Gasteiger partial charge >= 0.3 is 0 Å². The molecule has 1 aliphatic rings. The lowest BCUT2D eigenvalue weighted by Gasteiger charge is -2.33. The zero-order valence-electron chi connectivity index (χ0n) is 20.9. The average molecular weight is 488 g/mol. The molecule has 1 aliphatic heterocycles. The first-order valence-corrected chi connectivity index (χ1v) is 12.5. The Morgan fingerprint density at radius 1 is 1.29 bits per heavy atom. The van der Waals surface area contributed by atoms with Gasteiger partial charge < -0.3 is 26.0 Å². The number of thiazole rings is 1. The van der Waals surface area contributed by atoms with E-state index in [1.165, 1.54) is 4.90 Å². The number of nitrogens with zero attached hydrogens (tertiary/aromatic N) is 3. The highest BCUT2D eigenvalue weighted by Crippen LogP contribution is 2.29. The molecule has 1 saturated heterocycles. The number of likely N-dealkylation sites (N-methyl/N-ethyl adjacent to an activating group) is 1. The number of aromatic nitrogens is 1. The van der Waals surface area contributed by atoms with Crippen LogP contribution in [0.5, 0.6) is 0 Å². The van der Waals surface area contributed by atoms with Gasteiger partial charge in [0.2, 0.25) is 11.8 Å². The van der Waals surface area contributed by atoms with Gasteiger partial charge in [0.05, 0.1) is 34.3 Å². The Balaban J connectivity index is 1.69. The summed E-state index contributed by atoms with van der Waals surface area (Å²) in [4.78, 5) is 35.0. The maximum absolute atomic E-state index is 13.1. The Morgan fingerprint density at radius 2 is 1.94 bits per heavy atom. The minimum absolute atomic E-state index is 0.0483. The summed E-state index contributed by atoms with van der Waals surface area (Å²) in [6, 6.07) is 6.78. The first kappa shape index (κ1) is 26.3. The van der Waals surface area contributed by atoms with E-state index in [1.54, 1.807) is 11.3 Å². The predicted molar refractivity (Wildman–Crippen MR) is 135 cm³/mol. The van der Waals surface area contributed by atoms with E-state index in [0.717, 1.165) is 21.7 Å². The normalized spacial score (nSPS) is 20.4. The molecule has 34 heavy (non-hydrogen) atoms. The molecule has 3 rings (SSSR count). The molecule has 0 bridgehead atoms. The van der Waals surface area contributed by atoms with Crippen LogP contribution in [-0.2, 0) is 9.59 Å². The Hall–Kier alpha value is -2.33. The number of carbonyl (C=O) groups is 2. The van der Waals surface area contributed by atoms with Gasteiger partial charge in [-0.2, -0.15) is 0 Å². The van der Waals surface area contributed by atoms with Crippen LogP contribution in [0, 0.1) is 12.3 Å². The Labute approximate surface area is 206 Å². The maximum atomic E-state index is 13.1. The van der Waals surface area contributed by atoms with Crippen molar-refractivity contribution in [3.8, 4) is 10.4 Å². The minimum atomic E-state index is -0.747. The number of aliphatic hydroxyl groups excluding tert-OH is 1. The first-order chi connectivity index (χ1) is 15.9. The molecule has 1 aromatic carbocycles. The molecule has 0 aliphatic carbocycles. The summed E-state index contributed by atoms with van der Waals surface area (Å²) in [6.45, 7) is 8.17. The quantitative estimate of drug-likeness (QED) is 0.552. The molecule has 0 radical (unpaired) electrons. The highest BCUT2D eigenvalue weighted by molar-refractivity contribution is 7.13. The SMILES string of the molecule is Cc1ncsc1-c1ccc([C@H](CNC(=O)[C@H]2C[C@@H](O)CN2C(=O)[C@@H](N)C(C)(C)C)N(C)C)cc1. The summed E-state index contributed by atoms with van der Waals surface area (Å²) < 4.78 is 0. The molecular weight excluding hydrogens is 450 g/mol. The molecule has 2 heterocycles. The van der Waals surface area contributed by atoms with Gasteiger partial charge in [0, 0.05) is 19.5 Å². The van der Waals surface area contributed by atoms with Gasteiger partial charge in [-0.1, -0.05) is 45.0 Å². The third-order valence-electron chi connectivity index (χ3n) is 6.46. The Kier molecular flexibility index (Phi) is 8.13. The molecule has 9 heteroatoms. The lowest BCUT2D eigenvalue weighted by molar-refractivity contribution is -0.141. The number of nitrogens with one attached hydrogen (secondary N) is 1. The van der Waals surface area contributed by atoms with Crippen molar-refractivity contribution in [2.45, 2.75) is 58.3 Å². The maximum Gasteiger partial charge on any atom is 0.242 e. The number of rotatable bonds is 7. The van der Waals surface area contributed by atoms with Crippen LogP contribution < -0.4 is 11.1 Å². The van der Waals surface area contributed by atoms with E-state index in [0.29, 0.717) is 6.54 Å². The number of aryl methyl sites for hydroxylation is 1. The van der Waals surface area contributed by atoms with E-state index < -0.39 is 23.6 Å². The van der Waals surface area contributed by atoms with Crippen LogP contribution in [0.15, 0.2) is 29.8 Å². The molecule has 2 amide bonds. The fraction of sp³-hybridized carbons (Fsp3) is 0.560. The Bertz CT molecular complexity index is 999. The summed E-state index contributed by atoms with van der Waals surface area (Å²) >= 11 is 1.62. The number of benzene rings is 1. The van der Waals surface area contributed by atoms with Crippen LogP contribution >= 0.6 is 11.3 Å². The molecule has 2 aromatic rings. The molecular formula is C25H37N5O3S. The average Bonchev–Trinajstić information content (AvgIpc) is 3.37. The van der Waals surface area contributed by atoms with Crippen LogP contribution in [0.25, 0.3) is 10.4 Å². The predicted octanol–water partition coefficient (Wildman–Crippen LogP) is 2.17. The van der Waals surface area contributed by atoms with E-state index in [2.05, 4.69) is 39.5 Å². The lowest BCUT2D eigenvalue weighted by atomic mass is 9.86. The number of hydrogen-bond donors (Lipinski definition) is 3. The van der Waals surface area contributed by atoms with Crippen molar-refractivity contribution in [2.75, 3.05) is 27.2 Å². The van der Waals surface area contributed by atoms with Crippen molar-refractivity contribution in [3.05, 3.63) is 41.0 Å². The molecule has 8 nitrogen and oxygen atoms in total. The molecule has 186 valence electrons. The third-order valence-corrected chi connectivity index (χ3v) is 7.44. The van der Waals surface area contributed by atoms with E-state index in [4.69, 9.17) is 5.73 Å². The fourth-order valence-corrected chi connectivity index (χ4v) is 5.02. The van der Waals surface area contributed by atoms with Crippen LogP contribution in [-0.4, -0.2) is 77.1 Å². The number of amides is 2. The van der Waals surface area contributed by atoms with Crippen molar-refractivity contribution in [3.63, 3.8) is 0 Å². The number of carbonyl (C=O) groups excluding carboxylic acids is 2. The van der Waals surface area contributed by atoms with Gasteiger partial charge in [-0.25, -0.2) is 4.98 Å². The molecule has 4 atom stereocenters. The lowest BCUT2D eigenvalue weighted by Crippen LogP contribution is -2.55. The zero-order chi connectivity index (χ0) is 25.2. The van der Waals surface area contributed by atoms with E-state index in [-0.39, 0.29) is 30.8 Å². The second-order valence-corrected chi connectivity index (χ2v) is 11.2. The fourth-order valence-electron chi connectivity index (χ4n) is 4.20. The summed E-state index contributed by atoms with van der Waals surface area (Å²) in [7, 11) is 3.94. The molecule has 0 saturated carbocycles. The molecule has 1 aromatic heterocycles. The van der Waals surface area contributed by atoms with Crippen LogP contribution in [0.1, 0.15) is 44.5 Å². The van der Waals surface area contributed by atoms with Gasteiger partial charge in [0.15, 0.2) is 0 Å². The molecule has 1 fully saturated rings. The zero-order valence-corrected chi connectivity index (χ0v) is 21.7. The number of nitrogens with two attached hydrogens (primary N) is 1. The van der Waals surface area contributed by atoms with Gasteiger partial charge in [-0.05, 0) is 37.6 Å². The van der Waals surface area contributed by atoms with E-state index in [9.17, 15) is 14.7 Å². The van der Waals surface area contributed by atoms with Crippen molar-refractivity contribution >= 4 is 23.2 Å². The van der Waals surface area contributed by atoms with Gasteiger partial charge in [0.1, 0.15) is 6.04 Å². The topological polar surface area (TPSA) is 112 Å². The van der Waals surface area contributed by atoms with Crippen molar-refractivity contribution in [2.24, 2.45) is 11.1 Å². The van der Waals surface area contributed by atoms with Gasteiger partial charge in [-0.15, -0.1) is 11.3 Å². The number of likely N-dealkylation sites (tertiary alicyclic amines) is 1. The largest absolute Gasteiger partial charge is 0.391 e. The first-order valence-electron chi connectivity index (χ1n) is 11.6. The summed E-state index contributed by atoms with van der Waals surface area (Å²) in [5, 5.41) is 13.2. The van der Waals surface area contributed by atoms with Crippen LogP contribution in [0.2, 0.25) is 0 Å². The number of aliphatic hydroxyl groups is 1. The van der Waals surface area contributed by atoms with E-state index in [1.807, 2.05) is 47.3 Å². The highest BCUT2D eigenvalue weighted by Gasteiger charge is 2.42. The van der Waals surface area contributed by atoms with Crippen molar-refractivity contribution in [1.29, 1.82) is 0 Å². The Morgan fingerprint density at radius 3 is 2.47 bits per heavy atom. The molecule has 0 unspecified atom stereocenters. The molecule has 4 N–H and O–H groups in total. The monoisotopic (exact) mass is 487 g/mol. The number of hydrogen-bond acceptors (Lipinski definition) is 7.